The molecule has 1 saturated heterocycles. The quantitative estimate of drug-likeness (QED) is 0.920. The fourth-order valence-corrected chi connectivity index (χ4v) is 3.68. The van der Waals surface area contributed by atoms with Crippen LogP contribution in [0.4, 0.5) is 0 Å². The Morgan fingerprint density at radius 1 is 1.53 bits per heavy atom. The van der Waals surface area contributed by atoms with Gasteiger partial charge in [0.1, 0.15) is 0 Å². The molecule has 1 fully saturated rings. The van der Waals surface area contributed by atoms with Crippen molar-refractivity contribution in [1.29, 1.82) is 0 Å². The van der Waals surface area contributed by atoms with Gasteiger partial charge in [-0.2, -0.15) is 0 Å². The van der Waals surface area contributed by atoms with Crippen molar-refractivity contribution in [2.75, 3.05) is 6.61 Å². The highest BCUT2D eigenvalue weighted by Crippen LogP contribution is 2.37. The van der Waals surface area contributed by atoms with Gasteiger partial charge in [-0.3, -0.25) is 0 Å². The SMILES string of the molecule is CC(O)c1cc(Br)ccc1SC1CCOC1C. The number of aliphatic hydroxyl groups is 1. The van der Waals surface area contributed by atoms with Crippen molar-refractivity contribution in [1.82, 2.24) is 0 Å². The largest absolute Gasteiger partial charge is 0.389 e. The van der Waals surface area contributed by atoms with E-state index < -0.39 is 6.10 Å². The molecule has 0 aliphatic carbocycles. The van der Waals surface area contributed by atoms with E-state index in [4.69, 9.17) is 4.74 Å². The fourth-order valence-electron chi connectivity index (χ4n) is 1.98. The van der Waals surface area contributed by atoms with Crippen molar-refractivity contribution in [3.8, 4) is 0 Å². The summed E-state index contributed by atoms with van der Waals surface area (Å²) in [5.74, 6) is 0. The third-order valence-corrected chi connectivity index (χ3v) is 5.05. The van der Waals surface area contributed by atoms with E-state index >= 15 is 0 Å². The molecule has 1 aliphatic rings. The maximum Gasteiger partial charge on any atom is 0.0773 e. The molecule has 1 N–H and O–H groups in total. The van der Waals surface area contributed by atoms with Gasteiger partial charge in [0.25, 0.3) is 0 Å². The van der Waals surface area contributed by atoms with Gasteiger partial charge >= 0.3 is 0 Å². The van der Waals surface area contributed by atoms with Gasteiger partial charge in [0.05, 0.1) is 12.2 Å². The predicted molar refractivity (Wildman–Crippen MR) is 74.5 cm³/mol. The summed E-state index contributed by atoms with van der Waals surface area (Å²) in [4.78, 5) is 1.16. The van der Waals surface area contributed by atoms with Crippen molar-refractivity contribution < 1.29 is 9.84 Å². The third kappa shape index (κ3) is 3.25. The minimum Gasteiger partial charge on any atom is -0.389 e. The lowest BCUT2D eigenvalue weighted by atomic mass is 10.1. The predicted octanol–water partition coefficient (Wildman–Crippen LogP) is 3.77. The van der Waals surface area contributed by atoms with E-state index in [2.05, 4.69) is 28.9 Å². The lowest BCUT2D eigenvalue weighted by Gasteiger charge is -2.17. The molecule has 0 bridgehead atoms. The van der Waals surface area contributed by atoms with Crippen LogP contribution >= 0.6 is 27.7 Å². The van der Waals surface area contributed by atoms with Crippen LogP contribution in [0.25, 0.3) is 0 Å². The van der Waals surface area contributed by atoms with Crippen LogP contribution in [0, 0.1) is 0 Å². The Kier molecular flexibility index (Phi) is 4.53. The van der Waals surface area contributed by atoms with E-state index in [1.807, 2.05) is 23.9 Å². The molecule has 1 aliphatic heterocycles. The Morgan fingerprint density at radius 3 is 2.88 bits per heavy atom. The molecule has 3 unspecified atom stereocenters. The molecule has 3 atom stereocenters. The molecule has 2 rings (SSSR count). The van der Waals surface area contributed by atoms with Gasteiger partial charge in [-0.15, -0.1) is 11.8 Å². The number of hydrogen-bond acceptors (Lipinski definition) is 3. The van der Waals surface area contributed by atoms with Crippen LogP contribution in [-0.2, 0) is 4.74 Å². The zero-order chi connectivity index (χ0) is 12.4. The first-order valence-electron chi connectivity index (χ1n) is 5.83. The zero-order valence-electron chi connectivity index (χ0n) is 10.0. The molecule has 94 valence electrons. The van der Waals surface area contributed by atoms with Gasteiger partial charge in [-0.25, -0.2) is 0 Å². The Balaban J connectivity index is 2.19. The molecule has 1 heterocycles. The van der Waals surface area contributed by atoms with E-state index in [1.165, 1.54) is 0 Å². The minimum atomic E-state index is -0.437. The molecular formula is C13H17BrO2S. The normalized spacial score (nSPS) is 26.1. The maximum atomic E-state index is 9.80. The average Bonchev–Trinajstić information content (AvgIpc) is 2.67. The number of halogens is 1. The molecule has 4 heteroatoms. The van der Waals surface area contributed by atoms with Gasteiger partial charge in [0, 0.05) is 21.2 Å². The first kappa shape index (κ1) is 13.4. The Morgan fingerprint density at radius 2 is 2.29 bits per heavy atom. The highest BCUT2D eigenvalue weighted by atomic mass is 79.9. The molecule has 0 saturated carbocycles. The van der Waals surface area contributed by atoms with E-state index in [9.17, 15) is 5.11 Å². The number of thioether (sulfide) groups is 1. The summed E-state index contributed by atoms with van der Waals surface area (Å²) in [5.41, 5.74) is 0.989. The van der Waals surface area contributed by atoms with Crippen molar-refractivity contribution in [2.45, 2.75) is 42.6 Å². The Hall–Kier alpha value is -0.0300. The van der Waals surface area contributed by atoms with Crippen LogP contribution in [-0.4, -0.2) is 23.1 Å². The molecule has 0 aromatic heterocycles. The molecule has 0 amide bonds. The van der Waals surface area contributed by atoms with Crippen molar-refractivity contribution >= 4 is 27.7 Å². The zero-order valence-corrected chi connectivity index (χ0v) is 12.4. The van der Waals surface area contributed by atoms with Crippen LogP contribution in [0.15, 0.2) is 27.6 Å². The van der Waals surface area contributed by atoms with E-state index in [-0.39, 0.29) is 0 Å². The smallest absolute Gasteiger partial charge is 0.0773 e. The summed E-state index contributed by atoms with van der Waals surface area (Å²) < 4.78 is 6.58. The summed E-state index contributed by atoms with van der Waals surface area (Å²) in [6.45, 7) is 4.77. The fraction of sp³-hybridized carbons (Fsp3) is 0.538. The second-order valence-electron chi connectivity index (χ2n) is 4.38. The highest BCUT2D eigenvalue weighted by molar-refractivity contribution is 9.10. The lowest BCUT2D eigenvalue weighted by Crippen LogP contribution is -2.13. The number of ether oxygens (including phenoxy) is 1. The Bertz CT molecular complexity index is 395. The van der Waals surface area contributed by atoms with E-state index in [0.717, 1.165) is 28.0 Å². The van der Waals surface area contributed by atoms with Crippen LogP contribution < -0.4 is 0 Å². The highest BCUT2D eigenvalue weighted by Gasteiger charge is 2.26. The molecular weight excluding hydrogens is 300 g/mol. The van der Waals surface area contributed by atoms with E-state index in [1.54, 1.807) is 6.92 Å². The second-order valence-corrected chi connectivity index (χ2v) is 6.58. The summed E-state index contributed by atoms with van der Waals surface area (Å²) in [6, 6.07) is 6.09. The van der Waals surface area contributed by atoms with Crippen LogP contribution in [0.1, 0.15) is 31.9 Å². The van der Waals surface area contributed by atoms with Gasteiger partial charge in [-0.05, 0) is 44.0 Å². The maximum absolute atomic E-state index is 9.80. The monoisotopic (exact) mass is 316 g/mol. The Labute approximate surface area is 115 Å². The van der Waals surface area contributed by atoms with E-state index in [0.29, 0.717) is 11.4 Å². The summed E-state index contributed by atoms with van der Waals surface area (Å²) in [5, 5.41) is 10.3. The number of benzene rings is 1. The average molecular weight is 317 g/mol. The summed E-state index contributed by atoms with van der Waals surface area (Å²) in [7, 11) is 0. The second kappa shape index (κ2) is 5.74. The number of aliphatic hydroxyl groups excluding tert-OH is 1. The van der Waals surface area contributed by atoms with Crippen molar-refractivity contribution in [3.63, 3.8) is 0 Å². The van der Waals surface area contributed by atoms with Gasteiger partial charge in [0.15, 0.2) is 0 Å². The molecule has 0 radical (unpaired) electrons. The molecule has 1 aromatic rings. The third-order valence-electron chi connectivity index (χ3n) is 3.01. The first-order chi connectivity index (χ1) is 8.08. The number of hydrogen-bond donors (Lipinski definition) is 1. The summed E-state index contributed by atoms with van der Waals surface area (Å²) >= 11 is 5.26. The molecule has 17 heavy (non-hydrogen) atoms. The van der Waals surface area contributed by atoms with Crippen molar-refractivity contribution in [3.05, 3.63) is 28.2 Å². The summed E-state index contributed by atoms with van der Waals surface area (Å²) in [6.07, 6.45) is 0.944. The molecule has 1 aromatic carbocycles. The van der Waals surface area contributed by atoms with Gasteiger partial charge < -0.3 is 9.84 Å². The number of rotatable bonds is 3. The minimum absolute atomic E-state index is 0.297. The van der Waals surface area contributed by atoms with Crippen molar-refractivity contribution in [2.24, 2.45) is 0 Å². The van der Waals surface area contributed by atoms with Crippen LogP contribution in [0.5, 0.6) is 0 Å². The van der Waals surface area contributed by atoms with Gasteiger partial charge in [0.2, 0.25) is 0 Å². The lowest BCUT2D eigenvalue weighted by molar-refractivity contribution is 0.127. The van der Waals surface area contributed by atoms with Crippen LogP contribution in [0.3, 0.4) is 0 Å². The van der Waals surface area contributed by atoms with Crippen LogP contribution in [0.2, 0.25) is 0 Å². The molecule has 2 nitrogen and oxygen atoms in total. The topological polar surface area (TPSA) is 29.5 Å². The molecule has 0 spiro atoms. The first-order valence-corrected chi connectivity index (χ1v) is 7.51. The standard InChI is InChI=1S/C13H17BrO2S/c1-8(15)11-7-10(14)3-4-13(11)17-12-5-6-16-9(12)2/h3-4,7-9,12,15H,5-6H2,1-2H3. The van der Waals surface area contributed by atoms with Gasteiger partial charge in [-0.1, -0.05) is 15.9 Å².